The summed E-state index contributed by atoms with van der Waals surface area (Å²) in [4.78, 5) is 27.6. The maximum atomic E-state index is 11.8. The van der Waals surface area contributed by atoms with E-state index in [2.05, 4.69) is 20.8 Å². The second-order valence-corrected chi connectivity index (χ2v) is 5.00. The Labute approximate surface area is 117 Å². The number of hydrogen-bond acceptors (Lipinski definition) is 5. The molecule has 0 unspecified atom stereocenters. The van der Waals surface area contributed by atoms with E-state index in [-0.39, 0.29) is 11.8 Å². The molecule has 1 aliphatic rings. The first-order valence-electron chi connectivity index (χ1n) is 7.01. The van der Waals surface area contributed by atoms with Crippen LogP contribution in [-0.2, 0) is 16.0 Å². The van der Waals surface area contributed by atoms with Crippen LogP contribution in [0.5, 0.6) is 0 Å². The van der Waals surface area contributed by atoms with Crippen molar-refractivity contribution < 1.29 is 14.1 Å². The molecule has 1 aliphatic heterocycles. The van der Waals surface area contributed by atoms with Gasteiger partial charge in [0.25, 0.3) is 0 Å². The highest BCUT2D eigenvalue weighted by molar-refractivity contribution is 5.87. The van der Waals surface area contributed by atoms with Crippen LogP contribution in [-0.4, -0.2) is 34.5 Å². The van der Waals surface area contributed by atoms with Gasteiger partial charge in [-0.05, 0) is 32.6 Å². The van der Waals surface area contributed by atoms with Gasteiger partial charge in [-0.3, -0.25) is 9.59 Å². The zero-order valence-corrected chi connectivity index (χ0v) is 11.6. The normalized spacial score (nSPS) is 19.2. The van der Waals surface area contributed by atoms with Gasteiger partial charge in [-0.15, -0.1) is 0 Å². The summed E-state index contributed by atoms with van der Waals surface area (Å²) < 4.78 is 4.97. The summed E-state index contributed by atoms with van der Waals surface area (Å²) in [6.45, 7) is 2.45. The monoisotopic (exact) mass is 280 g/mol. The molecule has 0 bridgehead atoms. The number of aryl methyl sites for hydroxylation is 2. The van der Waals surface area contributed by atoms with Crippen LogP contribution >= 0.6 is 0 Å². The van der Waals surface area contributed by atoms with Crippen LogP contribution in [0.2, 0.25) is 0 Å². The first-order valence-corrected chi connectivity index (χ1v) is 7.01. The summed E-state index contributed by atoms with van der Waals surface area (Å²) >= 11 is 0. The van der Waals surface area contributed by atoms with Crippen molar-refractivity contribution in [2.75, 3.05) is 6.54 Å². The lowest BCUT2D eigenvalue weighted by Gasteiger charge is -2.14. The Hall–Kier alpha value is -1.92. The lowest BCUT2D eigenvalue weighted by molar-refractivity contribution is -0.128. The minimum Gasteiger partial charge on any atom is -0.354 e. The van der Waals surface area contributed by atoms with Crippen LogP contribution in [0.3, 0.4) is 0 Å². The van der Waals surface area contributed by atoms with E-state index in [1.165, 1.54) is 0 Å². The van der Waals surface area contributed by atoms with Crippen molar-refractivity contribution in [1.82, 2.24) is 20.8 Å². The number of carbonyl (C=O) groups excluding carboxylic acids is 2. The Morgan fingerprint density at radius 2 is 2.35 bits per heavy atom. The molecule has 0 spiro atoms. The van der Waals surface area contributed by atoms with Crippen LogP contribution in [0.1, 0.15) is 43.8 Å². The molecule has 1 saturated heterocycles. The fraction of sp³-hybridized carbons (Fsp3) is 0.692. The third-order valence-corrected chi connectivity index (χ3v) is 3.23. The van der Waals surface area contributed by atoms with Gasteiger partial charge in [0.05, 0.1) is 0 Å². The van der Waals surface area contributed by atoms with Crippen molar-refractivity contribution >= 4 is 11.8 Å². The van der Waals surface area contributed by atoms with Gasteiger partial charge in [-0.1, -0.05) is 5.16 Å². The minimum absolute atomic E-state index is 0.0802. The van der Waals surface area contributed by atoms with Gasteiger partial charge >= 0.3 is 0 Å². The molecular weight excluding hydrogens is 260 g/mol. The van der Waals surface area contributed by atoms with Gasteiger partial charge in [0.15, 0.2) is 5.82 Å². The summed E-state index contributed by atoms with van der Waals surface area (Å²) in [6.07, 6.45) is 4.18. The Balaban J connectivity index is 1.70. The molecule has 1 fully saturated rings. The smallest absolute Gasteiger partial charge is 0.242 e. The molecule has 20 heavy (non-hydrogen) atoms. The summed E-state index contributed by atoms with van der Waals surface area (Å²) in [5, 5.41) is 9.27. The topological polar surface area (TPSA) is 97.1 Å². The second kappa shape index (κ2) is 7.02. The highest BCUT2D eigenvalue weighted by atomic mass is 16.5. The van der Waals surface area contributed by atoms with Crippen LogP contribution in [0.15, 0.2) is 4.52 Å². The maximum absolute atomic E-state index is 11.8. The zero-order valence-electron chi connectivity index (χ0n) is 11.6. The van der Waals surface area contributed by atoms with Crippen molar-refractivity contribution in [3.63, 3.8) is 0 Å². The largest absolute Gasteiger partial charge is 0.354 e. The molecule has 2 amide bonds. The third-order valence-electron chi connectivity index (χ3n) is 3.23. The number of amides is 2. The summed E-state index contributed by atoms with van der Waals surface area (Å²) in [5.41, 5.74) is 0. The molecule has 7 heteroatoms. The van der Waals surface area contributed by atoms with Crippen molar-refractivity contribution in [3.05, 3.63) is 11.7 Å². The highest BCUT2D eigenvalue weighted by Gasteiger charge is 2.22. The van der Waals surface area contributed by atoms with Crippen molar-refractivity contribution in [3.8, 4) is 0 Å². The van der Waals surface area contributed by atoms with Gasteiger partial charge in [-0.25, -0.2) is 0 Å². The maximum Gasteiger partial charge on any atom is 0.242 e. The summed E-state index contributed by atoms with van der Waals surface area (Å²) in [5.74, 6) is 0.953. The van der Waals surface area contributed by atoms with Crippen LogP contribution in [0.25, 0.3) is 0 Å². The van der Waals surface area contributed by atoms with E-state index < -0.39 is 6.04 Å². The van der Waals surface area contributed by atoms with E-state index in [4.69, 9.17) is 4.52 Å². The van der Waals surface area contributed by atoms with E-state index >= 15 is 0 Å². The van der Waals surface area contributed by atoms with Gasteiger partial charge < -0.3 is 15.2 Å². The molecule has 7 nitrogen and oxygen atoms in total. The van der Waals surface area contributed by atoms with Gasteiger partial charge in [0.2, 0.25) is 17.7 Å². The molecule has 0 radical (unpaired) electrons. The van der Waals surface area contributed by atoms with Crippen molar-refractivity contribution in [2.24, 2.45) is 0 Å². The molecule has 2 N–H and O–H groups in total. The molecule has 2 heterocycles. The average Bonchev–Trinajstić information content (AvgIpc) is 2.71. The average molecular weight is 280 g/mol. The summed E-state index contributed by atoms with van der Waals surface area (Å²) in [6, 6.07) is -0.393. The van der Waals surface area contributed by atoms with E-state index in [1.54, 1.807) is 6.92 Å². The first kappa shape index (κ1) is 14.5. The van der Waals surface area contributed by atoms with Gasteiger partial charge in [-0.2, -0.15) is 4.98 Å². The van der Waals surface area contributed by atoms with Gasteiger partial charge in [0, 0.05) is 19.4 Å². The Kier molecular flexibility index (Phi) is 5.09. The Bertz CT molecular complexity index is 472. The molecule has 0 saturated carbocycles. The third kappa shape index (κ3) is 4.32. The van der Waals surface area contributed by atoms with E-state index in [1.807, 2.05) is 0 Å². The van der Waals surface area contributed by atoms with E-state index in [0.29, 0.717) is 43.9 Å². The summed E-state index contributed by atoms with van der Waals surface area (Å²) in [7, 11) is 0. The van der Waals surface area contributed by atoms with Crippen LogP contribution in [0.4, 0.5) is 0 Å². The molecular formula is C13H20N4O3. The zero-order chi connectivity index (χ0) is 14.4. The molecule has 110 valence electrons. The number of nitrogens with one attached hydrogen (secondary N) is 2. The minimum atomic E-state index is -0.393. The highest BCUT2D eigenvalue weighted by Crippen LogP contribution is 2.07. The number of aromatic nitrogens is 2. The Morgan fingerprint density at radius 3 is 3.10 bits per heavy atom. The van der Waals surface area contributed by atoms with Crippen molar-refractivity contribution in [2.45, 2.75) is 51.5 Å². The number of rotatable bonds is 5. The lowest BCUT2D eigenvalue weighted by atomic mass is 10.1. The number of hydrogen-bond donors (Lipinski definition) is 2. The van der Waals surface area contributed by atoms with E-state index in [9.17, 15) is 9.59 Å². The quantitative estimate of drug-likeness (QED) is 0.818. The number of nitrogens with zero attached hydrogens (tertiary/aromatic N) is 2. The van der Waals surface area contributed by atoms with E-state index in [0.717, 1.165) is 12.8 Å². The molecule has 1 aromatic heterocycles. The first-order chi connectivity index (χ1) is 9.65. The molecule has 0 aromatic carbocycles. The molecule has 1 aromatic rings. The predicted molar refractivity (Wildman–Crippen MR) is 70.8 cm³/mol. The molecule has 1 atom stereocenters. The SMILES string of the molecule is Cc1noc(CCCC(=O)N[C@@H]2CCCCNC2=O)n1. The molecule has 2 rings (SSSR count). The fourth-order valence-electron chi connectivity index (χ4n) is 2.19. The Morgan fingerprint density at radius 1 is 1.50 bits per heavy atom. The second-order valence-electron chi connectivity index (χ2n) is 5.00. The fourth-order valence-corrected chi connectivity index (χ4v) is 2.19. The number of carbonyl (C=O) groups is 2. The molecule has 0 aliphatic carbocycles. The standard InChI is InChI=1S/C13H20N4O3/c1-9-15-12(20-17-9)7-4-6-11(18)16-10-5-2-3-8-14-13(10)19/h10H,2-8H2,1H3,(H,14,19)(H,16,18)/t10-/m1/s1. The lowest BCUT2D eigenvalue weighted by Crippen LogP contribution is -2.45. The predicted octanol–water partition coefficient (Wildman–Crippen LogP) is 0.486. The van der Waals surface area contributed by atoms with Gasteiger partial charge in [0.1, 0.15) is 6.04 Å². The van der Waals surface area contributed by atoms with Crippen LogP contribution < -0.4 is 10.6 Å². The van der Waals surface area contributed by atoms with Crippen LogP contribution in [0, 0.1) is 6.92 Å². The van der Waals surface area contributed by atoms with Crippen molar-refractivity contribution in [1.29, 1.82) is 0 Å².